The van der Waals surface area contributed by atoms with E-state index in [1.54, 1.807) is 17.6 Å². The second kappa shape index (κ2) is 9.99. The second-order valence-electron chi connectivity index (χ2n) is 10.3. The summed E-state index contributed by atoms with van der Waals surface area (Å²) in [5, 5.41) is 3.83. The van der Waals surface area contributed by atoms with Gasteiger partial charge in [0.25, 0.3) is 5.91 Å². The highest BCUT2D eigenvalue weighted by Gasteiger charge is 2.33. The van der Waals surface area contributed by atoms with Crippen molar-refractivity contribution in [2.75, 3.05) is 36.5 Å². The van der Waals surface area contributed by atoms with Gasteiger partial charge in [-0.3, -0.25) is 4.79 Å². The Morgan fingerprint density at radius 3 is 2.66 bits per heavy atom. The molecule has 0 radical (unpaired) electrons. The first kappa shape index (κ1) is 23.8. The maximum absolute atomic E-state index is 13.4. The highest BCUT2D eigenvalue weighted by Crippen LogP contribution is 2.45. The van der Waals surface area contributed by atoms with Crippen molar-refractivity contribution in [3.8, 4) is 0 Å². The molecule has 1 unspecified atom stereocenters. The van der Waals surface area contributed by atoms with E-state index < -0.39 is 0 Å². The number of hydrogen-bond acceptors (Lipinski definition) is 6. The number of morpholine rings is 1. The summed E-state index contributed by atoms with van der Waals surface area (Å²) in [7, 11) is 0. The normalized spacial score (nSPS) is 18.6. The Morgan fingerprint density at radius 1 is 1.14 bits per heavy atom. The van der Waals surface area contributed by atoms with Crippen LogP contribution in [0.2, 0.25) is 0 Å². The standard InChI is InChI=1S/C28H33N3O3S/c1-28(2,3)19-9-11-22-23(17-19)35-27(25(22)26(32)30-20-7-5-4-6-8-20)29-18-21-10-12-24(34-21)31-13-15-33-16-14-31/h4-8,10,12,18-19H,9,11,13-17H2,1-3H3,(H,30,32)/b29-18-. The number of hydrogen-bond donors (Lipinski definition) is 1. The van der Waals surface area contributed by atoms with E-state index in [1.807, 2.05) is 42.5 Å². The van der Waals surface area contributed by atoms with Gasteiger partial charge in [-0.05, 0) is 54.4 Å². The van der Waals surface area contributed by atoms with Gasteiger partial charge >= 0.3 is 0 Å². The van der Waals surface area contributed by atoms with Gasteiger partial charge in [-0.25, -0.2) is 4.99 Å². The molecule has 6 nitrogen and oxygen atoms in total. The van der Waals surface area contributed by atoms with Crippen LogP contribution in [0, 0.1) is 11.3 Å². The molecule has 1 aromatic carbocycles. The lowest BCUT2D eigenvalue weighted by atomic mass is 9.72. The first-order chi connectivity index (χ1) is 16.9. The molecule has 5 rings (SSSR count). The van der Waals surface area contributed by atoms with E-state index in [2.05, 4.69) is 31.0 Å². The van der Waals surface area contributed by atoms with Crippen LogP contribution in [0.3, 0.4) is 0 Å². The van der Waals surface area contributed by atoms with Crippen LogP contribution < -0.4 is 10.2 Å². The zero-order chi connectivity index (χ0) is 24.4. The van der Waals surface area contributed by atoms with Gasteiger partial charge in [0, 0.05) is 29.7 Å². The van der Waals surface area contributed by atoms with Crippen LogP contribution >= 0.6 is 11.3 Å². The van der Waals surface area contributed by atoms with Crippen molar-refractivity contribution in [3.05, 3.63) is 64.2 Å². The molecular weight excluding hydrogens is 458 g/mol. The average Bonchev–Trinajstić information content (AvgIpc) is 3.47. The number of nitrogens with zero attached hydrogens (tertiary/aromatic N) is 2. The molecule has 0 saturated carbocycles. The van der Waals surface area contributed by atoms with Gasteiger partial charge in [0.2, 0.25) is 0 Å². The van der Waals surface area contributed by atoms with E-state index in [-0.39, 0.29) is 11.3 Å². The molecule has 1 atom stereocenters. The van der Waals surface area contributed by atoms with Gasteiger partial charge in [0.05, 0.1) is 25.0 Å². The molecule has 2 aromatic heterocycles. The van der Waals surface area contributed by atoms with Gasteiger partial charge in [-0.1, -0.05) is 39.0 Å². The molecule has 3 heterocycles. The fourth-order valence-electron chi connectivity index (χ4n) is 4.84. The number of carbonyl (C=O) groups is 1. The number of nitrogens with one attached hydrogen (secondary N) is 1. The molecule has 1 amide bonds. The van der Waals surface area contributed by atoms with Crippen molar-refractivity contribution in [1.29, 1.82) is 0 Å². The lowest BCUT2D eigenvalue weighted by Crippen LogP contribution is -2.35. The SMILES string of the molecule is CC(C)(C)C1CCc2c(sc(/N=C\c3ccc(N4CCOCC4)o3)c2C(=O)Nc2ccccc2)C1. The summed E-state index contributed by atoms with van der Waals surface area (Å²) < 4.78 is 11.5. The zero-order valence-corrected chi connectivity index (χ0v) is 21.5. The molecule has 184 valence electrons. The van der Waals surface area contributed by atoms with E-state index in [4.69, 9.17) is 14.1 Å². The maximum Gasteiger partial charge on any atom is 0.259 e. The molecule has 1 N–H and O–H groups in total. The molecule has 1 fully saturated rings. The molecule has 1 aliphatic carbocycles. The molecule has 0 spiro atoms. The Balaban J connectivity index is 1.43. The van der Waals surface area contributed by atoms with E-state index >= 15 is 0 Å². The fraction of sp³-hybridized carbons (Fsp3) is 0.429. The third-order valence-electron chi connectivity index (χ3n) is 6.97. The van der Waals surface area contributed by atoms with Crippen molar-refractivity contribution in [1.82, 2.24) is 0 Å². The summed E-state index contributed by atoms with van der Waals surface area (Å²) in [5.74, 6) is 2.01. The average molecular weight is 492 g/mol. The summed E-state index contributed by atoms with van der Waals surface area (Å²) in [6.45, 7) is 9.98. The lowest BCUT2D eigenvalue weighted by Gasteiger charge is -2.33. The smallest absolute Gasteiger partial charge is 0.259 e. The Kier molecular flexibility index (Phi) is 6.80. The Labute approximate surface area is 211 Å². The van der Waals surface area contributed by atoms with Crippen LogP contribution in [0.25, 0.3) is 0 Å². The van der Waals surface area contributed by atoms with Crippen LogP contribution in [-0.2, 0) is 17.6 Å². The van der Waals surface area contributed by atoms with Crippen LogP contribution in [0.5, 0.6) is 0 Å². The summed E-state index contributed by atoms with van der Waals surface area (Å²) in [6, 6.07) is 13.5. The summed E-state index contributed by atoms with van der Waals surface area (Å²) in [4.78, 5) is 21.7. The number of anilines is 2. The maximum atomic E-state index is 13.4. The van der Waals surface area contributed by atoms with Crippen LogP contribution in [-0.4, -0.2) is 38.4 Å². The number of furan rings is 1. The minimum atomic E-state index is -0.0940. The Hall–Kier alpha value is -2.90. The molecule has 1 saturated heterocycles. The number of para-hydroxylation sites is 1. The number of aliphatic imine (C=N–C) groups is 1. The summed E-state index contributed by atoms with van der Waals surface area (Å²) in [5.41, 5.74) is 2.89. The van der Waals surface area contributed by atoms with E-state index in [0.29, 0.717) is 30.5 Å². The third-order valence-corrected chi connectivity index (χ3v) is 8.14. The van der Waals surface area contributed by atoms with E-state index in [1.165, 1.54) is 4.88 Å². The first-order valence-electron chi connectivity index (χ1n) is 12.4. The van der Waals surface area contributed by atoms with Crippen LogP contribution in [0.15, 0.2) is 51.9 Å². The fourth-order valence-corrected chi connectivity index (χ4v) is 6.11. The molecule has 2 aliphatic rings. The predicted molar refractivity (Wildman–Crippen MR) is 143 cm³/mol. The van der Waals surface area contributed by atoms with Gasteiger partial charge < -0.3 is 19.4 Å². The van der Waals surface area contributed by atoms with Crippen LogP contribution in [0.1, 0.15) is 53.8 Å². The molecule has 7 heteroatoms. The Bertz CT molecular complexity index is 1200. The zero-order valence-electron chi connectivity index (χ0n) is 20.7. The monoisotopic (exact) mass is 491 g/mol. The van der Waals surface area contributed by atoms with Crippen LogP contribution in [0.4, 0.5) is 16.6 Å². The van der Waals surface area contributed by atoms with Gasteiger partial charge in [0.15, 0.2) is 5.88 Å². The van der Waals surface area contributed by atoms with E-state index in [0.717, 1.165) is 54.5 Å². The quantitative estimate of drug-likeness (QED) is 0.424. The largest absolute Gasteiger partial charge is 0.440 e. The molecule has 3 aromatic rings. The number of benzene rings is 1. The highest BCUT2D eigenvalue weighted by atomic mass is 32.1. The lowest BCUT2D eigenvalue weighted by molar-refractivity contribution is 0.102. The highest BCUT2D eigenvalue weighted by molar-refractivity contribution is 7.16. The number of thiophene rings is 1. The summed E-state index contributed by atoms with van der Waals surface area (Å²) >= 11 is 1.65. The topological polar surface area (TPSA) is 67.1 Å². The minimum Gasteiger partial charge on any atom is -0.440 e. The van der Waals surface area contributed by atoms with Crippen molar-refractivity contribution in [3.63, 3.8) is 0 Å². The Morgan fingerprint density at radius 2 is 1.91 bits per heavy atom. The van der Waals surface area contributed by atoms with Crippen molar-refractivity contribution < 1.29 is 13.9 Å². The summed E-state index contributed by atoms with van der Waals surface area (Å²) in [6.07, 6.45) is 4.72. The van der Waals surface area contributed by atoms with Gasteiger partial charge in [-0.2, -0.15) is 0 Å². The number of rotatable bonds is 5. The second-order valence-corrected chi connectivity index (χ2v) is 11.4. The third kappa shape index (κ3) is 5.36. The van der Waals surface area contributed by atoms with Crippen molar-refractivity contribution >= 4 is 40.0 Å². The molecule has 35 heavy (non-hydrogen) atoms. The number of carbonyl (C=O) groups excluding carboxylic acids is 1. The molecule has 1 aliphatic heterocycles. The van der Waals surface area contributed by atoms with Gasteiger partial charge in [0.1, 0.15) is 10.8 Å². The number of amides is 1. The number of ether oxygens (including phenoxy) is 1. The van der Waals surface area contributed by atoms with Gasteiger partial charge in [-0.15, -0.1) is 11.3 Å². The predicted octanol–water partition coefficient (Wildman–Crippen LogP) is 6.33. The molecular formula is C28H33N3O3S. The molecule has 0 bridgehead atoms. The van der Waals surface area contributed by atoms with Crippen molar-refractivity contribution in [2.45, 2.75) is 40.0 Å². The first-order valence-corrected chi connectivity index (χ1v) is 13.2. The minimum absolute atomic E-state index is 0.0940. The number of fused-ring (bicyclic) bond motifs is 1. The van der Waals surface area contributed by atoms with Crippen molar-refractivity contribution in [2.24, 2.45) is 16.3 Å². The van der Waals surface area contributed by atoms with E-state index in [9.17, 15) is 4.79 Å².